The number of aryl methyl sites for hydroxylation is 1. The molecule has 10 heteroatoms. The van der Waals surface area contributed by atoms with Crippen LogP contribution < -0.4 is 21.7 Å². The SMILES string of the molecule is NC(=O)[C@H](CO)NC(=O)CNC(=O)[C@H](CO)NC(=O)CCc1ccccc1. The molecule has 0 spiro atoms. The summed E-state index contributed by atoms with van der Waals surface area (Å²) in [5.41, 5.74) is 5.93. The first-order valence-electron chi connectivity index (χ1n) is 8.28. The number of hydrogen-bond donors (Lipinski definition) is 6. The summed E-state index contributed by atoms with van der Waals surface area (Å²) in [5, 5.41) is 24.9. The quantitative estimate of drug-likeness (QED) is 0.242. The molecule has 1 aromatic rings. The van der Waals surface area contributed by atoms with Gasteiger partial charge in [-0.05, 0) is 12.0 Å². The number of aliphatic hydroxyl groups excluding tert-OH is 2. The smallest absolute Gasteiger partial charge is 0.245 e. The van der Waals surface area contributed by atoms with Gasteiger partial charge in [0.05, 0.1) is 19.8 Å². The van der Waals surface area contributed by atoms with Crippen LogP contribution in [0.2, 0.25) is 0 Å². The van der Waals surface area contributed by atoms with Crippen LogP contribution in [0.25, 0.3) is 0 Å². The van der Waals surface area contributed by atoms with Gasteiger partial charge in [0, 0.05) is 6.42 Å². The fourth-order valence-electron chi connectivity index (χ4n) is 2.11. The summed E-state index contributed by atoms with van der Waals surface area (Å²) in [5.74, 6) is -2.86. The van der Waals surface area contributed by atoms with E-state index in [1.54, 1.807) is 0 Å². The van der Waals surface area contributed by atoms with Gasteiger partial charge in [-0.3, -0.25) is 19.2 Å². The molecule has 27 heavy (non-hydrogen) atoms. The molecule has 0 aromatic heterocycles. The molecular weight excluding hydrogens is 356 g/mol. The number of nitrogens with two attached hydrogens (primary N) is 1. The fraction of sp³-hybridized carbons (Fsp3) is 0.412. The largest absolute Gasteiger partial charge is 0.394 e. The van der Waals surface area contributed by atoms with Crippen LogP contribution in [0.4, 0.5) is 0 Å². The van der Waals surface area contributed by atoms with Crippen LogP contribution in [0, 0.1) is 0 Å². The molecule has 0 aliphatic rings. The predicted molar refractivity (Wildman–Crippen MR) is 95.0 cm³/mol. The lowest BCUT2D eigenvalue weighted by molar-refractivity contribution is -0.132. The molecule has 4 amide bonds. The number of carbonyl (C=O) groups is 4. The molecule has 2 atom stereocenters. The van der Waals surface area contributed by atoms with Crippen molar-refractivity contribution in [1.29, 1.82) is 0 Å². The van der Waals surface area contributed by atoms with Gasteiger partial charge in [-0.25, -0.2) is 0 Å². The minimum atomic E-state index is -1.26. The Morgan fingerprint density at radius 3 is 2.07 bits per heavy atom. The number of nitrogens with one attached hydrogen (secondary N) is 3. The van der Waals surface area contributed by atoms with Gasteiger partial charge in [0.1, 0.15) is 12.1 Å². The highest BCUT2D eigenvalue weighted by Gasteiger charge is 2.21. The average Bonchev–Trinajstić information content (AvgIpc) is 2.67. The Bertz CT molecular complexity index is 652. The number of primary amides is 1. The first kappa shape index (κ1) is 22.1. The van der Waals surface area contributed by atoms with E-state index in [1.165, 1.54) is 0 Å². The summed E-state index contributed by atoms with van der Waals surface area (Å²) in [6.45, 7) is -1.84. The van der Waals surface area contributed by atoms with Crippen LogP contribution in [0.5, 0.6) is 0 Å². The van der Waals surface area contributed by atoms with E-state index in [0.29, 0.717) is 6.42 Å². The molecule has 10 nitrogen and oxygen atoms in total. The maximum atomic E-state index is 12.0. The molecule has 0 saturated carbocycles. The molecule has 1 aromatic carbocycles. The van der Waals surface area contributed by atoms with Crippen LogP contribution in [-0.4, -0.2) is 65.7 Å². The van der Waals surface area contributed by atoms with Crippen molar-refractivity contribution in [3.05, 3.63) is 35.9 Å². The number of rotatable bonds is 11. The second-order valence-electron chi connectivity index (χ2n) is 5.71. The van der Waals surface area contributed by atoms with Gasteiger partial charge in [0.25, 0.3) is 0 Å². The number of benzene rings is 1. The van der Waals surface area contributed by atoms with E-state index in [1.807, 2.05) is 30.3 Å². The highest BCUT2D eigenvalue weighted by Crippen LogP contribution is 2.02. The lowest BCUT2D eigenvalue weighted by atomic mass is 10.1. The summed E-state index contributed by atoms with van der Waals surface area (Å²) in [6.07, 6.45) is 0.607. The summed E-state index contributed by atoms with van der Waals surface area (Å²) >= 11 is 0. The molecule has 0 aliphatic heterocycles. The maximum Gasteiger partial charge on any atom is 0.245 e. The van der Waals surface area contributed by atoms with Crippen LogP contribution >= 0.6 is 0 Å². The third kappa shape index (κ3) is 8.29. The Labute approximate surface area is 156 Å². The second kappa shape index (κ2) is 11.6. The fourth-order valence-corrected chi connectivity index (χ4v) is 2.11. The van der Waals surface area contributed by atoms with Crippen LogP contribution in [-0.2, 0) is 25.6 Å². The highest BCUT2D eigenvalue weighted by atomic mass is 16.3. The predicted octanol–water partition coefficient (Wildman–Crippen LogP) is -2.83. The Morgan fingerprint density at radius 1 is 0.926 bits per heavy atom. The summed E-state index contributed by atoms with van der Waals surface area (Å²) in [4.78, 5) is 46.4. The summed E-state index contributed by atoms with van der Waals surface area (Å²) in [7, 11) is 0. The van der Waals surface area contributed by atoms with Crippen molar-refractivity contribution in [3.8, 4) is 0 Å². The second-order valence-corrected chi connectivity index (χ2v) is 5.71. The Morgan fingerprint density at radius 2 is 1.52 bits per heavy atom. The normalized spacial score (nSPS) is 12.5. The van der Waals surface area contributed by atoms with E-state index in [9.17, 15) is 24.3 Å². The molecule has 0 bridgehead atoms. The maximum absolute atomic E-state index is 12.0. The summed E-state index contributed by atoms with van der Waals surface area (Å²) in [6, 6.07) is 6.82. The van der Waals surface area contributed by atoms with E-state index in [0.717, 1.165) is 5.56 Å². The zero-order valence-corrected chi connectivity index (χ0v) is 14.7. The van der Waals surface area contributed by atoms with Gasteiger partial charge in [-0.15, -0.1) is 0 Å². The van der Waals surface area contributed by atoms with Crippen LogP contribution in [0.15, 0.2) is 30.3 Å². The standard InChI is InChI=1S/C17H24N4O6/c18-16(26)12(9-22)20-15(25)8-19-17(27)13(10-23)21-14(24)7-6-11-4-2-1-3-5-11/h1-5,12-13,22-23H,6-10H2,(H2,18,26)(H,19,27)(H,20,25)(H,21,24)/t12-,13-/m0/s1. The number of aliphatic hydroxyl groups is 2. The first-order valence-corrected chi connectivity index (χ1v) is 8.28. The monoisotopic (exact) mass is 380 g/mol. The first-order chi connectivity index (χ1) is 12.9. The van der Waals surface area contributed by atoms with Gasteiger partial charge in [-0.2, -0.15) is 0 Å². The number of carbonyl (C=O) groups excluding carboxylic acids is 4. The van der Waals surface area contributed by atoms with Crippen molar-refractivity contribution in [1.82, 2.24) is 16.0 Å². The Balaban J connectivity index is 2.41. The van der Waals surface area contributed by atoms with Crippen LogP contribution in [0.1, 0.15) is 12.0 Å². The molecule has 0 heterocycles. The number of hydrogen-bond acceptors (Lipinski definition) is 6. The topological polar surface area (TPSA) is 171 Å². The zero-order chi connectivity index (χ0) is 20.2. The minimum absolute atomic E-state index is 0.130. The lowest BCUT2D eigenvalue weighted by Crippen LogP contribution is -2.53. The molecule has 0 aliphatic carbocycles. The lowest BCUT2D eigenvalue weighted by Gasteiger charge is -2.17. The van der Waals surface area contributed by atoms with E-state index in [-0.39, 0.29) is 6.42 Å². The molecule has 0 radical (unpaired) electrons. The zero-order valence-electron chi connectivity index (χ0n) is 14.7. The van der Waals surface area contributed by atoms with Crippen molar-refractivity contribution in [2.75, 3.05) is 19.8 Å². The van der Waals surface area contributed by atoms with Crippen molar-refractivity contribution >= 4 is 23.6 Å². The minimum Gasteiger partial charge on any atom is -0.394 e. The Hall–Kier alpha value is -2.98. The number of amides is 4. The van der Waals surface area contributed by atoms with Gasteiger partial charge in [-0.1, -0.05) is 30.3 Å². The third-order valence-electron chi connectivity index (χ3n) is 3.60. The van der Waals surface area contributed by atoms with E-state index in [2.05, 4.69) is 16.0 Å². The third-order valence-corrected chi connectivity index (χ3v) is 3.60. The van der Waals surface area contributed by atoms with Crippen molar-refractivity contribution < 1.29 is 29.4 Å². The van der Waals surface area contributed by atoms with Crippen molar-refractivity contribution in [2.45, 2.75) is 24.9 Å². The van der Waals surface area contributed by atoms with Gasteiger partial charge in [0.15, 0.2) is 0 Å². The average molecular weight is 380 g/mol. The molecule has 148 valence electrons. The highest BCUT2D eigenvalue weighted by molar-refractivity contribution is 5.92. The molecule has 0 saturated heterocycles. The molecule has 0 unspecified atom stereocenters. The summed E-state index contributed by atoms with van der Waals surface area (Å²) < 4.78 is 0. The molecule has 7 N–H and O–H groups in total. The van der Waals surface area contributed by atoms with Crippen molar-refractivity contribution in [2.24, 2.45) is 5.73 Å². The molecular formula is C17H24N4O6. The molecule has 1 rings (SSSR count). The van der Waals surface area contributed by atoms with Gasteiger partial charge in [0.2, 0.25) is 23.6 Å². The van der Waals surface area contributed by atoms with E-state index < -0.39 is 55.5 Å². The van der Waals surface area contributed by atoms with Crippen molar-refractivity contribution in [3.63, 3.8) is 0 Å². The van der Waals surface area contributed by atoms with E-state index in [4.69, 9.17) is 10.8 Å². The molecule has 0 fully saturated rings. The van der Waals surface area contributed by atoms with Gasteiger partial charge < -0.3 is 31.9 Å². The Kier molecular flexibility index (Phi) is 9.48. The van der Waals surface area contributed by atoms with Crippen LogP contribution in [0.3, 0.4) is 0 Å². The van der Waals surface area contributed by atoms with E-state index >= 15 is 0 Å². The van der Waals surface area contributed by atoms with Gasteiger partial charge >= 0.3 is 0 Å².